The van der Waals surface area contributed by atoms with E-state index in [-0.39, 0.29) is 11.4 Å². The molecule has 0 saturated carbocycles. The van der Waals surface area contributed by atoms with Crippen molar-refractivity contribution in [2.45, 2.75) is 5.60 Å². The maximum atomic E-state index is 12.8. The highest BCUT2D eigenvalue weighted by Crippen LogP contribution is 2.57. The van der Waals surface area contributed by atoms with Crippen molar-refractivity contribution in [2.24, 2.45) is 0 Å². The van der Waals surface area contributed by atoms with Gasteiger partial charge in [0.1, 0.15) is 17.2 Å². The molecule has 3 aromatic carbocycles. The molecule has 0 radical (unpaired) electrons. The molecule has 0 amide bonds. The van der Waals surface area contributed by atoms with Gasteiger partial charge in [0.05, 0.1) is 23.7 Å². The summed E-state index contributed by atoms with van der Waals surface area (Å²) in [4.78, 5) is 23.5. The zero-order chi connectivity index (χ0) is 20.3. The van der Waals surface area contributed by atoms with Gasteiger partial charge in [-0.1, -0.05) is 0 Å². The third kappa shape index (κ3) is 2.22. The monoisotopic (exact) mass is 390 g/mol. The zero-order valence-electron chi connectivity index (χ0n) is 15.2. The van der Waals surface area contributed by atoms with Gasteiger partial charge in [0.25, 0.3) is 5.69 Å². The first-order chi connectivity index (χ1) is 13.9. The molecule has 8 heteroatoms. The van der Waals surface area contributed by atoms with Gasteiger partial charge in [-0.25, -0.2) is 4.79 Å². The average Bonchev–Trinajstić information content (AvgIpc) is 3.00. The molecule has 2 aliphatic heterocycles. The van der Waals surface area contributed by atoms with Crippen LogP contribution in [0.4, 0.5) is 11.4 Å². The minimum Gasteiger partial charge on any atom is -0.497 e. The number of non-ortho nitro benzene ring substituents is 1. The normalized spacial score (nSPS) is 18.3. The summed E-state index contributed by atoms with van der Waals surface area (Å²) >= 11 is 0. The smallest absolute Gasteiger partial charge is 0.340 e. The van der Waals surface area contributed by atoms with E-state index in [1.807, 2.05) is 0 Å². The molecule has 2 N–H and O–H groups in total. The molecule has 2 aliphatic rings. The fraction of sp³-hybridized carbons (Fsp3) is 0.0952. The van der Waals surface area contributed by atoms with Crippen molar-refractivity contribution in [1.82, 2.24) is 0 Å². The molecule has 1 atom stereocenters. The largest absolute Gasteiger partial charge is 0.497 e. The van der Waals surface area contributed by atoms with Gasteiger partial charge in [0.2, 0.25) is 0 Å². The number of carbonyl (C=O) groups is 1. The number of nitrogens with zero attached hydrogens (tertiary/aromatic N) is 1. The molecule has 1 spiro atoms. The van der Waals surface area contributed by atoms with Gasteiger partial charge in [0, 0.05) is 34.5 Å². The molecular formula is C21H14N2O6. The van der Waals surface area contributed by atoms with Crippen molar-refractivity contribution < 1.29 is 23.9 Å². The Morgan fingerprint density at radius 2 is 1.72 bits per heavy atom. The number of anilines is 1. The maximum absolute atomic E-state index is 12.8. The van der Waals surface area contributed by atoms with Crippen LogP contribution < -0.4 is 15.2 Å². The second-order valence-electron chi connectivity index (χ2n) is 6.78. The van der Waals surface area contributed by atoms with Gasteiger partial charge in [-0.2, -0.15) is 0 Å². The standard InChI is InChI=1S/C21H14N2O6/c1-27-13-4-5-14-17(10-13)21(29-20(14)24)15-6-2-11(22)8-18(15)28-19-9-12(23(25)26)3-7-16(19)21/h2-10H,22H2,1H3. The first-order valence-electron chi connectivity index (χ1n) is 8.72. The van der Waals surface area contributed by atoms with Crippen LogP contribution in [0.25, 0.3) is 0 Å². The van der Waals surface area contributed by atoms with E-state index in [1.54, 1.807) is 42.5 Å². The number of nitrogen functional groups attached to an aromatic ring is 1. The van der Waals surface area contributed by atoms with Crippen LogP contribution >= 0.6 is 0 Å². The van der Waals surface area contributed by atoms with E-state index in [9.17, 15) is 14.9 Å². The number of hydrogen-bond acceptors (Lipinski definition) is 7. The quantitative estimate of drug-likeness (QED) is 0.307. The van der Waals surface area contributed by atoms with E-state index >= 15 is 0 Å². The number of rotatable bonds is 2. The third-order valence-electron chi connectivity index (χ3n) is 5.23. The van der Waals surface area contributed by atoms with Crippen LogP contribution in [-0.2, 0) is 10.3 Å². The highest BCUT2D eigenvalue weighted by molar-refractivity contribution is 5.97. The second kappa shape index (κ2) is 5.71. The van der Waals surface area contributed by atoms with Crippen molar-refractivity contribution in [3.63, 3.8) is 0 Å². The summed E-state index contributed by atoms with van der Waals surface area (Å²) in [5.41, 5.74) is 6.93. The van der Waals surface area contributed by atoms with Gasteiger partial charge in [-0.15, -0.1) is 0 Å². The molecule has 29 heavy (non-hydrogen) atoms. The van der Waals surface area contributed by atoms with E-state index < -0.39 is 16.5 Å². The molecule has 2 heterocycles. The van der Waals surface area contributed by atoms with Gasteiger partial charge >= 0.3 is 5.97 Å². The zero-order valence-corrected chi connectivity index (χ0v) is 15.2. The summed E-state index contributed by atoms with van der Waals surface area (Å²) in [6.45, 7) is 0. The number of esters is 1. The van der Waals surface area contributed by atoms with Crippen LogP contribution in [-0.4, -0.2) is 18.0 Å². The molecular weight excluding hydrogens is 376 g/mol. The number of benzene rings is 3. The van der Waals surface area contributed by atoms with Crippen molar-refractivity contribution >= 4 is 17.3 Å². The first kappa shape index (κ1) is 17.1. The fourth-order valence-electron chi connectivity index (χ4n) is 3.95. The van der Waals surface area contributed by atoms with Crippen LogP contribution in [0, 0.1) is 10.1 Å². The molecule has 144 valence electrons. The van der Waals surface area contributed by atoms with E-state index in [0.717, 1.165) is 0 Å². The number of ether oxygens (including phenoxy) is 3. The van der Waals surface area contributed by atoms with Crippen molar-refractivity contribution in [2.75, 3.05) is 12.8 Å². The van der Waals surface area contributed by atoms with Crippen molar-refractivity contribution in [1.29, 1.82) is 0 Å². The summed E-state index contributed by atoms with van der Waals surface area (Å²) in [6, 6.07) is 14.3. The predicted octanol–water partition coefficient (Wildman–Crippen LogP) is 3.75. The van der Waals surface area contributed by atoms with Crippen molar-refractivity contribution in [3.05, 3.63) is 87.0 Å². The fourth-order valence-corrected chi connectivity index (χ4v) is 3.95. The number of methoxy groups -OCH3 is 1. The van der Waals surface area contributed by atoms with Crippen LogP contribution in [0.15, 0.2) is 54.6 Å². The number of nitro benzene ring substituents is 1. The lowest BCUT2D eigenvalue weighted by Crippen LogP contribution is -2.33. The Bertz CT molecular complexity index is 1220. The second-order valence-corrected chi connectivity index (χ2v) is 6.78. The summed E-state index contributed by atoms with van der Waals surface area (Å²) in [5.74, 6) is 0.632. The lowest BCUT2D eigenvalue weighted by molar-refractivity contribution is -0.384. The number of fused-ring (bicyclic) bond motifs is 6. The van der Waals surface area contributed by atoms with Crippen molar-refractivity contribution in [3.8, 4) is 17.2 Å². The molecule has 0 saturated heterocycles. The highest BCUT2D eigenvalue weighted by atomic mass is 16.6. The summed E-state index contributed by atoms with van der Waals surface area (Å²) in [7, 11) is 1.53. The molecule has 1 unspecified atom stereocenters. The molecule has 5 rings (SSSR count). The summed E-state index contributed by atoms with van der Waals surface area (Å²) < 4.78 is 17.3. The Morgan fingerprint density at radius 1 is 1.00 bits per heavy atom. The van der Waals surface area contributed by atoms with Crippen LogP contribution in [0.5, 0.6) is 17.2 Å². The maximum Gasteiger partial charge on any atom is 0.340 e. The molecule has 0 fully saturated rings. The SMILES string of the molecule is COc1ccc2c(c1)C1(OC2=O)c2ccc(N)cc2Oc2cc([N+](=O)[O-])ccc21. The van der Waals surface area contributed by atoms with E-state index in [1.165, 1.54) is 19.2 Å². The van der Waals surface area contributed by atoms with Crippen LogP contribution in [0.1, 0.15) is 27.0 Å². The van der Waals surface area contributed by atoms with E-state index in [2.05, 4.69) is 0 Å². The van der Waals surface area contributed by atoms with Gasteiger partial charge in [-0.05, 0) is 36.4 Å². The van der Waals surface area contributed by atoms with Crippen LogP contribution in [0.3, 0.4) is 0 Å². The molecule has 8 nitrogen and oxygen atoms in total. The van der Waals surface area contributed by atoms with E-state index in [0.29, 0.717) is 39.4 Å². The number of nitrogens with two attached hydrogens (primary N) is 1. The third-order valence-corrected chi connectivity index (χ3v) is 5.23. The Hall–Kier alpha value is -4.07. The minimum atomic E-state index is -1.33. The average molecular weight is 390 g/mol. The van der Waals surface area contributed by atoms with Gasteiger partial charge in [-0.3, -0.25) is 10.1 Å². The van der Waals surface area contributed by atoms with E-state index in [4.69, 9.17) is 19.9 Å². The number of carbonyl (C=O) groups excluding carboxylic acids is 1. The first-order valence-corrected chi connectivity index (χ1v) is 8.72. The predicted molar refractivity (Wildman–Crippen MR) is 102 cm³/mol. The van der Waals surface area contributed by atoms with Gasteiger partial charge in [0.15, 0.2) is 5.60 Å². The lowest BCUT2D eigenvalue weighted by atomic mass is 9.77. The lowest BCUT2D eigenvalue weighted by Gasteiger charge is -2.36. The molecule has 0 aromatic heterocycles. The number of nitro groups is 1. The Balaban J connectivity index is 1.87. The molecule has 0 bridgehead atoms. The molecule has 0 aliphatic carbocycles. The minimum absolute atomic E-state index is 0.138. The topological polar surface area (TPSA) is 114 Å². The highest BCUT2D eigenvalue weighted by Gasteiger charge is 2.54. The summed E-state index contributed by atoms with van der Waals surface area (Å²) in [5, 5.41) is 11.3. The van der Waals surface area contributed by atoms with Crippen LogP contribution in [0.2, 0.25) is 0 Å². The Kier molecular flexibility index (Phi) is 3.36. The Labute approximate surface area is 164 Å². The number of hydrogen-bond donors (Lipinski definition) is 1. The Morgan fingerprint density at radius 3 is 2.45 bits per heavy atom. The molecule has 3 aromatic rings. The summed E-state index contributed by atoms with van der Waals surface area (Å²) in [6.07, 6.45) is 0. The van der Waals surface area contributed by atoms with Gasteiger partial charge < -0.3 is 19.9 Å².